The van der Waals surface area contributed by atoms with Gasteiger partial charge in [0.15, 0.2) is 11.5 Å². The van der Waals surface area contributed by atoms with Gasteiger partial charge in [0.1, 0.15) is 19.0 Å². The van der Waals surface area contributed by atoms with Crippen LogP contribution in [0.25, 0.3) is 0 Å². The van der Waals surface area contributed by atoms with E-state index >= 15 is 0 Å². The minimum Gasteiger partial charge on any atom is -0.496 e. The van der Waals surface area contributed by atoms with Crippen molar-refractivity contribution in [3.63, 3.8) is 0 Å². The summed E-state index contributed by atoms with van der Waals surface area (Å²) in [6, 6.07) is 13.3. The smallest absolute Gasteiger partial charge is 0.237 e. The fraction of sp³-hybridized carbons (Fsp3) is 0.381. The lowest BCUT2D eigenvalue weighted by molar-refractivity contribution is -0.125. The highest BCUT2D eigenvalue weighted by molar-refractivity contribution is 5.81. The maximum Gasteiger partial charge on any atom is 0.237 e. The van der Waals surface area contributed by atoms with Gasteiger partial charge in [0, 0.05) is 18.7 Å². The predicted molar refractivity (Wildman–Crippen MR) is 103 cm³/mol. The molecule has 0 aromatic heterocycles. The van der Waals surface area contributed by atoms with Crippen LogP contribution in [0.15, 0.2) is 42.5 Å². The van der Waals surface area contributed by atoms with Gasteiger partial charge < -0.3 is 19.5 Å². The molecule has 0 radical (unpaired) electrons. The van der Waals surface area contributed by atoms with Gasteiger partial charge in [0.05, 0.1) is 13.2 Å². The summed E-state index contributed by atoms with van der Waals surface area (Å²) in [5, 5.41) is 2.98. The van der Waals surface area contributed by atoms with Crippen LogP contribution in [0, 0.1) is 0 Å². The lowest BCUT2D eigenvalue weighted by Gasteiger charge is -2.25. The fourth-order valence-electron chi connectivity index (χ4n) is 2.99. The summed E-state index contributed by atoms with van der Waals surface area (Å²) < 4.78 is 16.5. The molecule has 0 spiro atoms. The first-order valence-electron chi connectivity index (χ1n) is 9.07. The van der Waals surface area contributed by atoms with Gasteiger partial charge in [-0.3, -0.25) is 9.69 Å². The van der Waals surface area contributed by atoms with Crippen LogP contribution in [0.3, 0.4) is 0 Å². The first-order chi connectivity index (χ1) is 13.1. The van der Waals surface area contributed by atoms with Gasteiger partial charge in [-0.2, -0.15) is 0 Å². The highest BCUT2D eigenvalue weighted by Crippen LogP contribution is 2.31. The molecule has 6 nitrogen and oxygen atoms in total. The monoisotopic (exact) mass is 370 g/mol. The van der Waals surface area contributed by atoms with Crippen LogP contribution in [0.1, 0.15) is 18.1 Å². The average molecular weight is 370 g/mol. The van der Waals surface area contributed by atoms with Crippen LogP contribution >= 0.6 is 0 Å². The maximum absolute atomic E-state index is 12.5. The van der Waals surface area contributed by atoms with E-state index in [4.69, 9.17) is 14.2 Å². The van der Waals surface area contributed by atoms with Crippen molar-refractivity contribution in [3.8, 4) is 17.2 Å². The van der Waals surface area contributed by atoms with Gasteiger partial charge in [-0.25, -0.2) is 0 Å². The number of nitrogens with one attached hydrogen (secondary N) is 1. The number of hydrogen-bond acceptors (Lipinski definition) is 5. The Morgan fingerprint density at radius 3 is 2.70 bits per heavy atom. The molecule has 1 heterocycles. The van der Waals surface area contributed by atoms with Crippen molar-refractivity contribution >= 4 is 5.91 Å². The first-order valence-corrected chi connectivity index (χ1v) is 9.07. The number of ether oxygens (including phenoxy) is 3. The predicted octanol–water partition coefficient (Wildman–Crippen LogP) is 2.60. The summed E-state index contributed by atoms with van der Waals surface area (Å²) in [4.78, 5) is 14.5. The second kappa shape index (κ2) is 8.77. The van der Waals surface area contributed by atoms with Crippen LogP contribution in [0.2, 0.25) is 0 Å². The van der Waals surface area contributed by atoms with Crippen molar-refractivity contribution in [3.05, 3.63) is 53.6 Å². The zero-order valence-corrected chi connectivity index (χ0v) is 16.0. The van der Waals surface area contributed by atoms with E-state index in [1.165, 1.54) is 0 Å². The fourth-order valence-corrected chi connectivity index (χ4v) is 2.99. The number of likely N-dealkylation sites (N-methyl/N-ethyl adjacent to an activating group) is 1. The molecule has 0 saturated heterocycles. The number of fused-ring (bicyclic) bond motifs is 1. The summed E-state index contributed by atoms with van der Waals surface area (Å²) in [5.41, 5.74) is 2.03. The van der Waals surface area contributed by atoms with Crippen LogP contribution in [0.4, 0.5) is 0 Å². The van der Waals surface area contributed by atoms with Crippen molar-refractivity contribution in [2.45, 2.75) is 26.1 Å². The standard InChI is InChI=1S/C21H26N2O4/c1-15(21(24)22-13-17-6-4-5-7-18(17)25-3)23(2)14-16-8-9-19-20(12-16)27-11-10-26-19/h4-9,12,15H,10-11,13-14H2,1-3H3,(H,22,24). The molecule has 1 N–H and O–H groups in total. The van der Waals surface area contributed by atoms with Gasteiger partial charge in [-0.05, 0) is 37.7 Å². The van der Waals surface area contributed by atoms with Crippen LogP contribution in [-0.2, 0) is 17.9 Å². The molecule has 2 aromatic rings. The number of benzene rings is 2. The lowest BCUT2D eigenvalue weighted by Crippen LogP contribution is -2.42. The zero-order valence-electron chi connectivity index (χ0n) is 16.0. The third-order valence-corrected chi connectivity index (χ3v) is 4.72. The number of amides is 1. The van der Waals surface area contributed by atoms with E-state index < -0.39 is 0 Å². The maximum atomic E-state index is 12.5. The lowest BCUT2D eigenvalue weighted by atomic mass is 10.1. The van der Waals surface area contributed by atoms with E-state index in [0.717, 1.165) is 28.4 Å². The third-order valence-electron chi connectivity index (χ3n) is 4.72. The Kier molecular flexibility index (Phi) is 6.19. The van der Waals surface area contributed by atoms with Crippen LogP contribution in [0.5, 0.6) is 17.2 Å². The van der Waals surface area contributed by atoms with E-state index in [2.05, 4.69) is 5.32 Å². The molecule has 2 aromatic carbocycles. The van der Waals surface area contributed by atoms with E-state index in [9.17, 15) is 4.79 Å². The normalized spacial score (nSPS) is 13.9. The molecule has 0 bridgehead atoms. The summed E-state index contributed by atoms with van der Waals surface area (Å²) in [6.45, 7) is 4.12. The van der Waals surface area contributed by atoms with Gasteiger partial charge in [0.2, 0.25) is 5.91 Å². The molecule has 0 aliphatic carbocycles. The molecular weight excluding hydrogens is 344 g/mol. The number of methoxy groups -OCH3 is 1. The van der Waals surface area contributed by atoms with Crippen LogP contribution < -0.4 is 19.5 Å². The summed E-state index contributed by atoms with van der Waals surface area (Å²) in [6.07, 6.45) is 0. The van der Waals surface area contributed by atoms with E-state index in [0.29, 0.717) is 26.3 Å². The van der Waals surface area contributed by atoms with Gasteiger partial charge in [-0.15, -0.1) is 0 Å². The van der Waals surface area contributed by atoms with E-state index in [1.807, 2.05) is 61.3 Å². The van der Waals surface area contributed by atoms with Gasteiger partial charge in [0.25, 0.3) is 0 Å². The van der Waals surface area contributed by atoms with E-state index in [-0.39, 0.29) is 11.9 Å². The van der Waals surface area contributed by atoms with E-state index in [1.54, 1.807) is 7.11 Å². The minimum absolute atomic E-state index is 0.0269. The average Bonchev–Trinajstić information content (AvgIpc) is 2.71. The largest absolute Gasteiger partial charge is 0.496 e. The second-order valence-corrected chi connectivity index (χ2v) is 6.60. The number of nitrogens with zero attached hydrogens (tertiary/aromatic N) is 1. The number of rotatable bonds is 7. The quantitative estimate of drug-likeness (QED) is 0.812. The molecule has 1 aliphatic heterocycles. The Bertz CT molecular complexity index is 794. The molecule has 27 heavy (non-hydrogen) atoms. The Morgan fingerprint density at radius 1 is 1.19 bits per heavy atom. The van der Waals surface area contributed by atoms with Gasteiger partial charge >= 0.3 is 0 Å². The van der Waals surface area contributed by atoms with Crippen LogP contribution in [-0.4, -0.2) is 44.2 Å². The van der Waals surface area contributed by atoms with Crippen molar-refractivity contribution in [1.29, 1.82) is 0 Å². The molecule has 0 saturated carbocycles. The first kappa shape index (κ1) is 19.0. The minimum atomic E-state index is -0.270. The van der Waals surface area contributed by atoms with Crippen molar-refractivity contribution in [2.24, 2.45) is 0 Å². The number of para-hydroxylation sites is 1. The summed E-state index contributed by atoms with van der Waals surface area (Å²) >= 11 is 0. The van der Waals surface area contributed by atoms with Crippen molar-refractivity contribution in [2.75, 3.05) is 27.4 Å². The summed E-state index contributed by atoms with van der Waals surface area (Å²) in [5.74, 6) is 2.28. The number of carbonyl (C=O) groups is 1. The Morgan fingerprint density at radius 2 is 1.93 bits per heavy atom. The highest BCUT2D eigenvalue weighted by Gasteiger charge is 2.19. The molecule has 6 heteroatoms. The summed E-state index contributed by atoms with van der Waals surface area (Å²) in [7, 11) is 3.56. The van der Waals surface area contributed by atoms with Crippen molar-refractivity contribution in [1.82, 2.24) is 10.2 Å². The molecule has 0 fully saturated rings. The van der Waals surface area contributed by atoms with Gasteiger partial charge in [-0.1, -0.05) is 24.3 Å². The molecular formula is C21H26N2O4. The Hall–Kier alpha value is -2.73. The Labute approximate surface area is 160 Å². The second-order valence-electron chi connectivity index (χ2n) is 6.60. The topological polar surface area (TPSA) is 60.0 Å². The third kappa shape index (κ3) is 4.71. The number of carbonyl (C=O) groups excluding carboxylic acids is 1. The molecule has 1 unspecified atom stereocenters. The molecule has 3 rings (SSSR count). The molecule has 1 aliphatic rings. The van der Waals surface area contributed by atoms with Crippen molar-refractivity contribution < 1.29 is 19.0 Å². The molecule has 144 valence electrons. The zero-order chi connectivity index (χ0) is 19.2. The number of hydrogen-bond donors (Lipinski definition) is 1. The Balaban J connectivity index is 1.56. The molecule has 1 atom stereocenters. The highest BCUT2D eigenvalue weighted by atomic mass is 16.6. The molecule has 1 amide bonds. The SMILES string of the molecule is COc1ccccc1CNC(=O)C(C)N(C)Cc1ccc2c(c1)OCCO2.